The second kappa shape index (κ2) is 5.26. The molecule has 1 fully saturated rings. The van der Waals surface area contributed by atoms with E-state index in [1.165, 1.54) is 17.4 Å². The van der Waals surface area contributed by atoms with Crippen LogP contribution in [0.1, 0.15) is 24.6 Å². The van der Waals surface area contributed by atoms with Gasteiger partial charge in [-0.3, -0.25) is 4.57 Å². The van der Waals surface area contributed by atoms with Crippen molar-refractivity contribution < 1.29 is 4.39 Å². The van der Waals surface area contributed by atoms with E-state index in [9.17, 15) is 4.39 Å². The zero-order valence-electron chi connectivity index (χ0n) is 11.7. The maximum atomic E-state index is 14.3. The second-order valence-electron chi connectivity index (χ2n) is 5.43. The van der Waals surface area contributed by atoms with Gasteiger partial charge in [-0.1, -0.05) is 12.1 Å². The summed E-state index contributed by atoms with van der Waals surface area (Å²) >= 11 is 1.46. The average Bonchev–Trinajstić information content (AvgIpc) is 3.13. The number of aromatic nitrogens is 4. The fourth-order valence-electron chi connectivity index (χ4n) is 2.78. The van der Waals surface area contributed by atoms with Crippen molar-refractivity contribution in [1.29, 1.82) is 0 Å². The van der Waals surface area contributed by atoms with Crippen molar-refractivity contribution in [3.05, 3.63) is 47.5 Å². The van der Waals surface area contributed by atoms with Crippen LogP contribution in [0.4, 0.5) is 4.39 Å². The summed E-state index contributed by atoms with van der Waals surface area (Å²) in [7, 11) is 0. The fourth-order valence-corrected chi connectivity index (χ4v) is 3.39. The molecule has 22 heavy (non-hydrogen) atoms. The van der Waals surface area contributed by atoms with Gasteiger partial charge in [0.25, 0.3) is 0 Å². The molecule has 2 aromatic heterocycles. The van der Waals surface area contributed by atoms with Crippen LogP contribution in [0.15, 0.2) is 35.8 Å². The summed E-state index contributed by atoms with van der Waals surface area (Å²) < 4.78 is 16.1. The summed E-state index contributed by atoms with van der Waals surface area (Å²) in [5.41, 5.74) is 6.34. The number of hydrogen-bond donors (Lipinski definition) is 1. The number of rotatable bonds is 3. The zero-order valence-corrected chi connectivity index (χ0v) is 12.5. The van der Waals surface area contributed by atoms with E-state index in [-0.39, 0.29) is 17.8 Å². The molecule has 2 N–H and O–H groups in total. The van der Waals surface area contributed by atoms with E-state index in [0.717, 1.165) is 23.7 Å². The van der Waals surface area contributed by atoms with Crippen molar-refractivity contribution in [2.45, 2.75) is 24.8 Å². The summed E-state index contributed by atoms with van der Waals surface area (Å²) in [6, 6.07) is 6.85. The highest BCUT2D eigenvalue weighted by Gasteiger charge is 2.33. The summed E-state index contributed by atoms with van der Waals surface area (Å²) in [5, 5.41) is 11.2. The van der Waals surface area contributed by atoms with Gasteiger partial charge < -0.3 is 5.73 Å². The third-order valence-corrected chi connectivity index (χ3v) is 4.71. The molecule has 2 heterocycles. The molecule has 1 saturated carbocycles. The van der Waals surface area contributed by atoms with Gasteiger partial charge in [0.05, 0.1) is 5.69 Å². The molecule has 0 aliphatic heterocycles. The lowest BCUT2D eigenvalue weighted by Crippen LogP contribution is -2.36. The summed E-state index contributed by atoms with van der Waals surface area (Å²) in [6.07, 6.45) is 3.41. The van der Waals surface area contributed by atoms with E-state index in [2.05, 4.69) is 15.2 Å². The van der Waals surface area contributed by atoms with E-state index in [4.69, 9.17) is 5.73 Å². The number of thiazole rings is 1. The minimum absolute atomic E-state index is 0.194. The molecule has 3 aromatic rings. The Morgan fingerprint density at radius 1 is 1.23 bits per heavy atom. The van der Waals surface area contributed by atoms with Crippen LogP contribution in [0.2, 0.25) is 0 Å². The largest absolute Gasteiger partial charge is 0.328 e. The van der Waals surface area contributed by atoms with Gasteiger partial charge in [-0.15, -0.1) is 21.5 Å². The lowest BCUT2D eigenvalue weighted by atomic mass is 9.80. The van der Waals surface area contributed by atoms with Gasteiger partial charge >= 0.3 is 0 Å². The molecule has 0 saturated heterocycles. The fraction of sp³-hybridized carbons (Fsp3) is 0.267. The van der Waals surface area contributed by atoms with Crippen molar-refractivity contribution in [1.82, 2.24) is 19.7 Å². The molecular formula is C15H14FN5S. The van der Waals surface area contributed by atoms with Crippen molar-refractivity contribution >= 4 is 11.3 Å². The van der Waals surface area contributed by atoms with E-state index in [1.54, 1.807) is 29.0 Å². The van der Waals surface area contributed by atoms with E-state index >= 15 is 0 Å². The predicted octanol–water partition coefficient (Wildman–Crippen LogP) is 2.73. The maximum Gasteiger partial charge on any atom is 0.197 e. The van der Waals surface area contributed by atoms with Crippen LogP contribution in [0, 0.1) is 5.82 Å². The molecule has 7 heteroatoms. The Balaban J connectivity index is 1.89. The van der Waals surface area contributed by atoms with Crippen LogP contribution in [-0.2, 0) is 0 Å². The van der Waals surface area contributed by atoms with Gasteiger partial charge in [0.15, 0.2) is 10.8 Å². The molecule has 112 valence electrons. The lowest BCUT2D eigenvalue weighted by Gasteiger charge is -2.31. The average molecular weight is 315 g/mol. The minimum Gasteiger partial charge on any atom is -0.328 e. The first-order chi connectivity index (χ1) is 10.7. The molecule has 1 aromatic carbocycles. The van der Waals surface area contributed by atoms with Crippen LogP contribution in [0.3, 0.4) is 0 Å². The molecular weight excluding hydrogens is 301 g/mol. The van der Waals surface area contributed by atoms with Gasteiger partial charge in [-0.2, -0.15) is 0 Å². The van der Waals surface area contributed by atoms with Gasteiger partial charge in [0, 0.05) is 23.5 Å². The normalized spacial score (nSPS) is 20.8. The van der Waals surface area contributed by atoms with Crippen molar-refractivity contribution in [2.75, 3.05) is 0 Å². The Morgan fingerprint density at radius 2 is 2.05 bits per heavy atom. The predicted molar refractivity (Wildman–Crippen MR) is 82.4 cm³/mol. The van der Waals surface area contributed by atoms with Crippen molar-refractivity contribution in [3.63, 3.8) is 0 Å². The van der Waals surface area contributed by atoms with Gasteiger partial charge in [0.1, 0.15) is 11.6 Å². The Morgan fingerprint density at radius 3 is 2.73 bits per heavy atom. The minimum atomic E-state index is -0.301. The smallest absolute Gasteiger partial charge is 0.197 e. The quantitative estimate of drug-likeness (QED) is 0.807. The summed E-state index contributed by atoms with van der Waals surface area (Å²) in [4.78, 5) is 4.28. The molecule has 5 nitrogen and oxygen atoms in total. The summed E-state index contributed by atoms with van der Waals surface area (Å²) in [6.45, 7) is 0. The monoisotopic (exact) mass is 315 g/mol. The lowest BCUT2D eigenvalue weighted by molar-refractivity contribution is 0.334. The first kappa shape index (κ1) is 13.5. The van der Waals surface area contributed by atoms with E-state index in [0.29, 0.717) is 11.5 Å². The van der Waals surface area contributed by atoms with Crippen LogP contribution in [0.25, 0.3) is 16.5 Å². The standard InChI is InChI=1S/C15H14FN5S/c16-11-3-1-2-4-12(11)21-13(9-7-10(17)8-9)19-20-14(21)15-18-5-6-22-15/h1-6,9-10H,7-8,17H2. The number of benzene rings is 1. The first-order valence-corrected chi connectivity index (χ1v) is 7.97. The topological polar surface area (TPSA) is 69.6 Å². The van der Waals surface area contributed by atoms with Crippen molar-refractivity contribution in [3.8, 4) is 16.5 Å². The van der Waals surface area contributed by atoms with Crippen LogP contribution in [0.5, 0.6) is 0 Å². The number of para-hydroxylation sites is 1. The molecule has 0 amide bonds. The Bertz CT molecular complexity index is 792. The summed E-state index contributed by atoms with van der Waals surface area (Å²) in [5.74, 6) is 1.26. The van der Waals surface area contributed by atoms with E-state index < -0.39 is 0 Å². The third kappa shape index (κ3) is 2.13. The highest BCUT2D eigenvalue weighted by atomic mass is 32.1. The third-order valence-electron chi connectivity index (χ3n) is 3.94. The molecule has 1 aliphatic rings. The molecule has 0 radical (unpaired) electrons. The molecule has 0 atom stereocenters. The Labute approximate surface area is 130 Å². The Hall–Kier alpha value is -2.12. The first-order valence-electron chi connectivity index (χ1n) is 7.09. The number of nitrogens with zero attached hydrogens (tertiary/aromatic N) is 4. The molecule has 1 aliphatic carbocycles. The zero-order chi connectivity index (χ0) is 15.1. The Kier molecular flexibility index (Phi) is 3.24. The number of nitrogens with two attached hydrogens (primary N) is 1. The second-order valence-corrected chi connectivity index (χ2v) is 6.33. The van der Waals surface area contributed by atoms with Crippen molar-refractivity contribution in [2.24, 2.45) is 5.73 Å². The van der Waals surface area contributed by atoms with Crippen LogP contribution >= 0.6 is 11.3 Å². The number of hydrogen-bond acceptors (Lipinski definition) is 5. The van der Waals surface area contributed by atoms with E-state index in [1.807, 2.05) is 5.38 Å². The highest BCUT2D eigenvalue weighted by molar-refractivity contribution is 7.13. The van der Waals surface area contributed by atoms with Gasteiger partial charge in [-0.25, -0.2) is 9.37 Å². The number of halogens is 1. The molecule has 0 unspecified atom stereocenters. The van der Waals surface area contributed by atoms with Gasteiger partial charge in [-0.05, 0) is 25.0 Å². The highest BCUT2D eigenvalue weighted by Crippen LogP contribution is 2.38. The van der Waals surface area contributed by atoms with Gasteiger partial charge in [0.2, 0.25) is 0 Å². The molecule has 0 spiro atoms. The molecule has 4 rings (SSSR count). The molecule has 0 bridgehead atoms. The van der Waals surface area contributed by atoms with Crippen LogP contribution in [-0.4, -0.2) is 25.8 Å². The van der Waals surface area contributed by atoms with Crippen LogP contribution < -0.4 is 5.73 Å². The SMILES string of the molecule is NC1CC(c2nnc(-c3nccs3)n2-c2ccccc2F)C1. The maximum absolute atomic E-state index is 14.3.